The van der Waals surface area contributed by atoms with E-state index in [1.54, 1.807) is 0 Å². The van der Waals surface area contributed by atoms with E-state index in [-0.39, 0.29) is 11.7 Å². The van der Waals surface area contributed by atoms with E-state index in [9.17, 15) is 9.59 Å². The second-order valence-corrected chi connectivity index (χ2v) is 7.75. The van der Waals surface area contributed by atoms with Gasteiger partial charge in [0.15, 0.2) is 5.78 Å². The average Bonchev–Trinajstić information content (AvgIpc) is 3.01. The third-order valence-corrected chi connectivity index (χ3v) is 5.82. The van der Waals surface area contributed by atoms with Crippen molar-refractivity contribution in [3.63, 3.8) is 0 Å². The Morgan fingerprint density at radius 1 is 1.04 bits per heavy atom. The SMILES string of the molecule is CCCCc1ccc(C(=O)CCC(=O)N2CCCN3CCC[C@H]3C2)cc1. The Balaban J connectivity index is 1.48. The number of hydrogen-bond acceptors (Lipinski definition) is 3. The molecule has 0 spiro atoms. The third kappa shape index (κ3) is 4.94. The highest BCUT2D eigenvalue weighted by molar-refractivity contribution is 5.98. The molecular formula is C22H32N2O2. The molecule has 4 nitrogen and oxygen atoms in total. The standard InChI is InChI=1S/C22H32N2O2/c1-2-3-6-18-8-10-19(11-9-18)21(25)12-13-22(26)24-16-5-15-23-14-4-7-20(23)17-24/h8-11,20H,2-7,12-17H2,1H3/t20-/m0/s1. The zero-order valence-electron chi connectivity index (χ0n) is 16.1. The second kappa shape index (κ2) is 9.31. The van der Waals surface area contributed by atoms with Gasteiger partial charge in [0, 0.05) is 44.1 Å². The Morgan fingerprint density at radius 2 is 1.81 bits per heavy atom. The molecule has 142 valence electrons. The number of rotatable bonds is 7. The van der Waals surface area contributed by atoms with E-state index in [1.807, 2.05) is 29.2 Å². The molecule has 1 aromatic rings. The Hall–Kier alpha value is -1.68. The van der Waals surface area contributed by atoms with Gasteiger partial charge in [-0.1, -0.05) is 37.6 Å². The van der Waals surface area contributed by atoms with Crippen LogP contribution >= 0.6 is 0 Å². The molecule has 4 heteroatoms. The fourth-order valence-corrected chi connectivity index (χ4v) is 4.19. The van der Waals surface area contributed by atoms with Gasteiger partial charge in [0.05, 0.1) is 0 Å². The van der Waals surface area contributed by atoms with Crippen LogP contribution in [0.5, 0.6) is 0 Å². The Kier molecular flexibility index (Phi) is 6.84. The summed E-state index contributed by atoms with van der Waals surface area (Å²) in [6, 6.07) is 8.47. The molecule has 0 radical (unpaired) electrons. The Labute approximate surface area is 157 Å². The van der Waals surface area contributed by atoms with Crippen molar-refractivity contribution in [3.05, 3.63) is 35.4 Å². The van der Waals surface area contributed by atoms with Gasteiger partial charge < -0.3 is 4.90 Å². The summed E-state index contributed by atoms with van der Waals surface area (Å²) in [5.41, 5.74) is 2.01. The molecule has 2 fully saturated rings. The van der Waals surface area contributed by atoms with Crippen molar-refractivity contribution >= 4 is 11.7 Å². The fourth-order valence-electron chi connectivity index (χ4n) is 4.19. The first-order chi connectivity index (χ1) is 12.7. The summed E-state index contributed by atoms with van der Waals surface area (Å²) in [7, 11) is 0. The maximum Gasteiger partial charge on any atom is 0.223 e. The molecule has 2 heterocycles. The monoisotopic (exact) mass is 356 g/mol. The number of benzene rings is 1. The van der Waals surface area contributed by atoms with Crippen molar-refractivity contribution in [2.75, 3.05) is 26.2 Å². The largest absolute Gasteiger partial charge is 0.341 e. The second-order valence-electron chi connectivity index (χ2n) is 7.75. The molecule has 1 aromatic carbocycles. The van der Waals surface area contributed by atoms with Gasteiger partial charge in [0.2, 0.25) is 5.91 Å². The zero-order valence-corrected chi connectivity index (χ0v) is 16.1. The molecule has 0 aromatic heterocycles. The molecule has 26 heavy (non-hydrogen) atoms. The predicted molar refractivity (Wildman–Crippen MR) is 104 cm³/mol. The number of hydrogen-bond donors (Lipinski definition) is 0. The summed E-state index contributed by atoms with van der Waals surface area (Å²) in [6.07, 6.45) is 7.58. The van der Waals surface area contributed by atoms with Crippen molar-refractivity contribution in [1.82, 2.24) is 9.80 Å². The minimum absolute atomic E-state index is 0.0812. The molecule has 0 bridgehead atoms. The van der Waals surface area contributed by atoms with Crippen molar-refractivity contribution < 1.29 is 9.59 Å². The van der Waals surface area contributed by atoms with Crippen LogP contribution in [-0.4, -0.2) is 53.7 Å². The summed E-state index contributed by atoms with van der Waals surface area (Å²) in [6.45, 7) is 6.16. The minimum atomic E-state index is 0.0812. The normalized spacial score (nSPS) is 20.7. The fraction of sp³-hybridized carbons (Fsp3) is 0.636. The van der Waals surface area contributed by atoms with E-state index in [0.29, 0.717) is 18.9 Å². The molecule has 0 aliphatic carbocycles. The first-order valence-electron chi connectivity index (χ1n) is 10.3. The van der Waals surface area contributed by atoms with E-state index in [0.717, 1.165) is 38.0 Å². The van der Waals surface area contributed by atoms with Gasteiger partial charge in [-0.15, -0.1) is 0 Å². The van der Waals surface area contributed by atoms with Crippen LogP contribution in [0.2, 0.25) is 0 Å². The lowest BCUT2D eigenvalue weighted by Gasteiger charge is -2.25. The number of carbonyl (C=O) groups excluding carboxylic acids is 2. The lowest BCUT2D eigenvalue weighted by Crippen LogP contribution is -2.39. The quantitative estimate of drug-likeness (QED) is 0.700. The van der Waals surface area contributed by atoms with Gasteiger partial charge in [-0.2, -0.15) is 0 Å². The molecule has 2 aliphatic rings. The molecule has 2 aliphatic heterocycles. The topological polar surface area (TPSA) is 40.6 Å². The number of nitrogens with zero attached hydrogens (tertiary/aromatic N) is 2. The highest BCUT2D eigenvalue weighted by atomic mass is 16.2. The maximum atomic E-state index is 12.6. The van der Waals surface area contributed by atoms with Crippen molar-refractivity contribution in [3.8, 4) is 0 Å². The van der Waals surface area contributed by atoms with Crippen LogP contribution in [-0.2, 0) is 11.2 Å². The van der Waals surface area contributed by atoms with Gasteiger partial charge in [0.1, 0.15) is 0 Å². The predicted octanol–water partition coefficient (Wildman–Crippen LogP) is 3.69. The smallest absolute Gasteiger partial charge is 0.223 e. The molecule has 3 rings (SSSR count). The molecule has 0 unspecified atom stereocenters. The molecule has 0 saturated carbocycles. The lowest BCUT2D eigenvalue weighted by molar-refractivity contribution is -0.131. The van der Waals surface area contributed by atoms with Crippen LogP contribution in [0.25, 0.3) is 0 Å². The Bertz CT molecular complexity index is 611. The van der Waals surface area contributed by atoms with E-state index in [4.69, 9.17) is 0 Å². The van der Waals surface area contributed by atoms with E-state index in [2.05, 4.69) is 11.8 Å². The summed E-state index contributed by atoms with van der Waals surface area (Å²) < 4.78 is 0. The average molecular weight is 357 g/mol. The van der Waals surface area contributed by atoms with Crippen molar-refractivity contribution in [1.29, 1.82) is 0 Å². The van der Waals surface area contributed by atoms with E-state index >= 15 is 0 Å². The minimum Gasteiger partial charge on any atom is -0.341 e. The maximum absolute atomic E-state index is 12.6. The molecule has 2 saturated heterocycles. The van der Waals surface area contributed by atoms with Crippen LogP contribution in [0.4, 0.5) is 0 Å². The molecule has 0 N–H and O–H groups in total. The summed E-state index contributed by atoms with van der Waals surface area (Å²) in [5, 5.41) is 0. The molecule has 1 atom stereocenters. The number of amides is 1. The van der Waals surface area contributed by atoms with E-state index in [1.165, 1.54) is 37.8 Å². The number of fused-ring (bicyclic) bond motifs is 1. The number of unbranched alkanes of at least 4 members (excludes halogenated alkanes) is 1. The highest BCUT2D eigenvalue weighted by Crippen LogP contribution is 2.22. The van der Waals surface area contributed by atoms with Gasteiger partial charge in [0.25, 0.3) is 0 Å². The van der Waals surface area contributed by atoms with Crippen molar-refractivity contribution in [2.45, 2.75) is 64.3 Å². The molecular weight excluding hydrogens is 324 g/mol. The van der Waals surface area contributed by atoms with Gasteiger partial charge in [-0.05, 0) is 44.2 Å². The van der Waals surface area contributed by atoms with Crippen LogP contribution in [0.3, 0.4) is 0 Å². The third-order valence-electron chi connectivity index (χ3n) is 5.82. The Morgan fingerprint density at radius 3 is 2.58 bits per heavy atom. The van der Waals surface area contributed by atoms with Crippen LogP contribution in [0, 0.1) is 0 Å². The van der Waals surface area contributed by atoms with Crippen LogP contribution < -0.4 is 0 Å². The van der Waals surface area contributed by atoms with Crippen LogP contribution in [0.1, 0.15) is 67.8 Å². The zero-order chi connectivity index (χ0) is 18.4. The lowest BCUT2D eigenvalue weighted by atomic mass is 10.0. The number of aryl methyl sites for hydroxylation is 1. The number of carbonyl (C=O) groups is 2. The summed E-state index contributed by atoms with van der Waals surface area (Å²) in [5.74, 6) is 0.226. The van der Waals surface area contributed by atoms with Crippen LogP contribution in [0.15, 0.2) is 24.3 Å². The highest BCUT2D eigenvalue weighted by Gasteiger charge is 2.30. The molecule has 1 amide bonds. The van der Waals surface area contributed by atoms with Gasteiger partial charge in [-0.3, -0.25) is 14.5 Å². The first kappa shape index (κ1) is 19.1. The first-order valence-corrected chi connectivity index (χ1v) is 10.3. The van der Waals surface area contributed by atoms with Crippen molar-refractivity contribution in [2.24, 2.45) is 0 Å². The van der Waals surface area contributed by atoms with Gasteiger partial charge >= 0.3 is 0 Å². The van der Waals surface area contributed by atoms with Gasteiger partial charge in [-0.25, -0.2) is 0 Å². The van der Waals surface area contributed by atoms with E-state index < -0.39 is 0 Å². The summed E-state index contributed by atoms with van der Waals surface area (Å²) in [4.78, 5) is 29.6. The summed E-state index contributed by atoms with van der Waals surface area (Å²) >= 11 is 0. The number of ketones is 1. The number of Topliss-reactive ketones (excluding diaryl/α,β-unsaturated/α-hetero) is 1.